The van der Waals surface area contributed by atoms with Gasteiger partial charge in [-0.2, -0.15) is 0 Å². The minimum atomic E-state index is -0.665. The molecule has 23 heavy (non-hydrogen) atoms. The summed E-state index contributed by atoms with van der Waals surface area (Å²) in [4.78, 5) is 19.5. The summed E-state index contributed by atoms with van der Waals surface area (Å²) in [6.45, 7) is 5.81. The van der Waals surface area contributed by atoms with Gasteiger partial charge in [0.25, 0.3) is 0 Å². The smallest absolute Gasteiger partial charge is 0.306 e. The first kappa shape index (κ1) is 16.1. The summed E-state index contributed by atoms with van der Waals surface area (Å²) in [5.74, 6) is -0.871. The Bertz CT molecular complexity index is 690. The van der Waals surface area contributed by atoms with E-state index in [0.717, 1.165) is 18.8 Å². The van der Waals surface area contributed by atoms with Gasteiger partial charge < -0.3 is 5.11 Å². The van der Waals surface area contributed by atoms with Crippen molar-refractivity contribution >= 4 is 17.3 Å². The van der Waals surface area contributed by atoms with Crippen molar-refractivity contribution in [2.45, 2.75) is 32.7 Å². The fraction of sp³-hybridized carbons (Fsp3) is 0.444. The van der Waals surface area contributed by atoms with Gasteiger partial charge in [0.1, 0.15) is 0 Å². The third-order valence-electron chi connectivity index (χ3n) is 4.57. The van der Waals surface area contributed by atoms with Crippen LogP contribution in [0.15, 0.2) is 29.8 Å². The fourth-order valence-electron chi connectivity index (χ4n) is 3.27. The summed E-state index contributed by atoms with van der Waals surface area (Å²) in [5.41, 5.74) is 3.54. The van der Waals surface area contributed by atoms with E-state index >= 15 is 0 Å². The van der Waals surface area contributed by atoms with Crippen molar-refractivity contribution in [3.05, 3.63) is 51.5 Å². The molecule has 4 nitrogen and oxygen atoms in total. The van der Waals surface area contributed by atoms with Gasteiger partial charge >= 0.3 is 5.97 Å². The Morgan fingerprint density at radius 2 is 2.13 bits per heavy atom. The Morgan fingerprint density at radius 3 is 2.70 bits per heavy atom. The molecule has 1 aliphatic heterocycles. The number of aliphatic carboxylic acids is 1. The zero-order valence-electron chi connectivity index (χ0n) is 13.5. The van der Waals surface area contributed by atoms with E-state index in [9.17, 15) is 9.90 Å². The van der Waals surface area contributed by atoms with Crippen LogP contribution in [0.1, 0.15) is 40.6 Å². The van der Waals surface area contributed by atoms with E-state index in [1.807, 2.05) is 12.3 Å². The Balaban J connectivity index is 1.91. The van der Waals surface area contributed by atoms with Crippen molar-refractivity contribution in [2.75, 3.05) is 13.1 Å². The molecular formula is C18H22N2O2S. The number of aromatic nitrogens is 1. The molecule has 1 N–H and O–H groups in total. The lowest BCUT2D eigenvalue weighted by Gasteiger charge is -2.36. The molecule has 3 heterocycles. The number of aryl methyl sites for hydroxylation is 2. The van der Waals surface area contributed by atoms with Gasteiger partial charge in [0, 0.05) is 11.1 Å². The van der Waals surface area contributed by atoms with E-state index in [-0.39, 0.29) is 12.0 Å². The van der Waals surface area contributed by atoms with Crippen molar-refractivity contribution in [1.82, 2.24) is 9.88 Å². The molecule has 1 atom stereocenters. The highest BCUT2D eigenvalue weighted by Crippen LogP contribution is 2.35. The van der Waals surface area contributed by atoms with E-state index in [4.69, 9.17) is 0 Å². The fourth-order valence-corrected chi connectivity index (χ4v) is 4.31. The van der Waals surface area contributed by atoms with E-state index in [2.05, 4.69) is 41.2 Å². The van der Waals surface area contributed by atoms with Crippen molar-refractivity contribution in [2.24, 2.45) is 5.92 Å². The van der Waals surface area contributed by atoms with Crippen LogP contribution >= 0.6 is 11.3 Å². The van der Waals surface area contributed by atoms with Crippen LogP contribution in [0.2, 0.25) is 0 Å². The molecule has 0 amide bonds. The van der Waals surface area contributed by atoms with Crippen LogP contribution in [0, 0.1) is 19.8 Å². The molecule has 1 fully saturated rings. The molecule has 0 radical (unpaired) electrons. The maximum absolute atomic E-state index is 11.2. The SMILES string of the molecule is Cc1csc(C(c2ncccc2C)N2CCC(C(=O)O)CC2)c1. The van der Waals surface area contributed by atoms with E-state index in [0.29, 0.717) is 12.8 Å². The number of carboxylic acids is 1. The number of nitrogens with zero attached hydrogens (tertiary/aromatic N) is 2. The standard InChI is InChI=1S/C18H22N2O2S/c1-12-10-15(23-11-12)17(16-13(2)4-3-7-19-16)20-8-5-14(6-9-20)18(21)22/h3-4,7,10-11,14,17H,5-6,8-9H2,1-2H3,(H,21,22). The van der Waals surface area contributed by atoms with Crippen molar-refractivity contribution in [3.8, 4) is 0 Å². The number of pyridine rings is 1. The number of thiophene rings is 1. The van der Waals surface area contributed by atoms with E-state index in [1.54, 1.807) is 11.3 Å². The highest BCUT2D eigenvalue weighted by molar-refractivity contribution is 7.10. The second-order valence-corrected chi connectivity index (χ2v) is 7.23. The monoisotopic (exact) mass is 330 g/mol. The quantitative estimate of drug-likeness (QED) is 0.930. The summed E-state index contributed by atoms with van der Waals surface area (Å²) in [5, 5.41) is 11.4. The highest BCUT2D eigenvalue weighted by Gasteiger charge is 2.32. The number of hydrogen-bond donors (Lipinski definition) is 1. The van der Waals surface area contributed by atoms with E-state index in [1.165, 1.54) is 16.0 Å². The molecule has 2 aromatic heterocycles. The lowest BCUT2D eigenvalue weighted by atomic mass is 9.94. The minimum absolute atomic E-state index is 0.129. The summed E-state index contributed by atoms with van der Waals surface area (Å²) in [7, 11) is 0. The maximum atomic E-state index is 11.2. The number of rotatable bonds is 4. The Kier molecular flexibility index (Phi) is 4.78. The van der Waals surface area contributed by atoms with Gasteiger partial charge in [0.2, 0.25) is 0 Å². The topological polar surface area (TPSA) is 53.4 Å². The normalized spacial score (nSPS) is 18.0. The van der Waals surface area contributed by atoms with Crippen LogP contribution in [0.3, 0.4) is 0 Å². The van der Waals surface area contributed by atoms with Gasteiger partial charge in [0.05, 0.1) is 17.7 Å². The van der Waals surface area contributed by atoms with Crippen LogP contribution in [0.5, 0.6) is 0 Å². The van der Waals surface area contributed by atoms with Crippen LogP contribution in [0.4, 0.5) is 0 Å². The van der Waals surface area contributed by atoms with Crippen molar-refractivity contribution < 1.29 is 9.90 Å². The molecule has 0 saturated carbocycles. The van der Waals surface area contributed by atoms with Gasteiger partial charge in [-0.1, -0.05) is 6.07 Å². The van der Waals surface area contributed by atoms with Crippen molar-refractivity contribution in [1.29, 1.82) is 0 Å². The van der Waals surface area contributed by atoms with Gasteiger partial charge in [0.15, 0.2) is 0 Å². The molecule has 1 saturated heterocycles. The zero-order valence-corrected chi connectivity index (χ0v) is 14.3. The molecule has 2 aromatic rings. The molecule has 0 aliphatic carbocycles. The third-order valence-corrected chi connectivity index (χ3v) is 5.68. The molecule has 5 heteroatoms. The first-order chi connectivity index (χ1) is 11.1. The second kappa shape index (κ2) is 6.81. The first-order valence-electron chi connectivity index (χ1n) is 7.99. The highest BCUT2D eigenvalue weighted by atomic mass is 32.1. The second-order valence-electron chi connectivity index (χ2n) is 6.28. The summed E-state index contributed by atoms with van der Waals surface area (Å²) >= 11 is 1.76. The summed E-state index contributed by atoms with van der Waals surface area (Å²) in [6.07, 6.45) is 3.27. The molecule has 3 rings (SSSR count). The first-order valence-corrected chi connectivity index (χ1v) is 8.87. The number of piperidine rings is 1. The van der Waals surface area contributed by atoms with Gasteiger partial charge in [-0.15, -0.1) is 11.3 Å². The number of carbonyl (C=O) groups is 1. The van der Waals surface area contributed by atoms with Crippen molar-refractivity contribution in [3.63, 3.8) is 0 Å². The molecule has 122 valence electrons. The Hall–Kier alpha value is -1.72. The summed E-state index contributed by atoms with van der Waals surface area (Å²) < 4.78 is 0. The Labute approximate surface area is 140 Å². The molecule has 1 unspecified atom stereocenters. The number of hydrogen-bond acceptors (Lipinski definition) is 4. The molecule has 0 aromatic carbocycles. The third kappa shape index (κ3) is 3.46. The van der Waals surface area contributed by atoms with Crippen LogP contribution in [-0.4, -0.2) is 34.0 Å². The summed E-state index contributed by atoms with van der Waals surface area (Å²) in [6, 6.07) is 6.42. The number of likely N-dealkylation sites (tertiary alicyclic amines) is 1. The molecule has 0 spiro atoms. The predicted octanol–water partition coefficient (Wildman–Crippen LogP) is 3.65. The average molecular weight is 330 g/mol. The Morgan fingerprint density at radius 1 is 1.39 bits per heavy atom. The minimum Gasteiger partial charge on any atom is -0.481 e. The van der Waals surface area contributed by atoms with Crippen LogP contribution in [-0.2, 0) is 4.79 Å². The van der Waals surface area contributed by atoms with Crippen LogP contribution < -0.4 is 0 Å². The lowest BCUT2D eigenvalue weighted by molar-refractivity contribution is -0.143. The van der Waals surface area contributed by atoms with Gasteiger partial charge in [-0.25, -0.2) is 0 Å². The molecular weight excluding hydrogens is 308 g/mol. The van der Waals surface area contributed by atoms with Gasteiger partial charge in [-0.3, -0.25) is 14.7 Å². The largest absolute Gasteiger partial charge is 0.481 e. The van der Waals surface area contributed by atoms with E-state index < -0.39 is 5.97 Å². The number of carboxylic acid groups (broad SMARTS) is 1. The maximum Gasteiger partial charge on any atom is 0.306 e. The molecule has 0 bridgehead atoms. The predicted molar refractivity (Wildman–Crippen MR) is 91.8 cm³/mol. The lowest BCUT2D eigenvalue weighted by Crippen LogP contribution is -2.39. The van der Waals surface area contributed by atoms with Crippen LogP contribution in [0.25, 0.3) is 0 Å². The molecule has 1 aliphatic rings. The zero-order chi connectivity index (χ0) is 16.4. The average Bonchev–Trinajstić information content (AvgIpc) is 2.96. The van der Waals surface area contributed by atoms with Gasteiger partial charge in [-0.05, 0) is 68.4 Å².